The lowest BCUT2D eigenvalue weighted by Gasteiger charge is -2.23. The summed E-state index contributed by atoms with van der Waals surface area (Å²) >= 11 is 13.6. The highest BCUT2D eigenvalue weighted by Crippen LogP contribution is 2.33. The van der Waals surface area contributed by atoms with Crippen molar-refractivity contribution < 1.29 is 4.79 Å². The van der Waals surface area contributed by atoms with E-state index < -0.39 is 0 Å². The van der Waals surface area contributed by atoms with Gasteiger partial charge in [0, 0.05) is 4.88 Å². The first kappa shape index (κ1) is 13.9. The van der Waals surface area contributed by atoms with E-state index in [4.69, 9.17) is 23.2 Å². The van der Waals surface area contributed by atoms with Gasteiger partial charge in [0.15, 0.2) is 0 Å². The number of halogens is 2. The molecule has 1 aliphatic carbocycles. The highest BCUT2D eigenvalue weighted by molar-refractivity contribution is 7.10. The summed E-state index contributed by atoms with van der Waals surface area (Å²) in [5.41, 5.74) is 1.40. The fourth-order valence-electron chi connectivity index (χ4n) is 2.44. The van der Waals surface area contributed by atoms with E-state index in [9.17, 15) is 4.79 Å². The Kier molecular flexibility index (Phi) is 3.96. The first-order valence-electron chi connectivity index (χ1n) is 6.34. The molecular formula is C14H12Cl2N2OS. The predicted molar refractivity (Wildman–Crippen MR) is 81.7 cm³/mol. The van der Waals surface area contributed by atoms with Gasteiger partial charge in [0.1, 0.15) is 10.8 Å². The molecule has 2 aromatic heterocycles. The van der Waals surface area contributed by atoms with Crippen LogP contribution in [0.4, 0.5) is 0 Å². The Hall–Kier alpha value is -1.10. The fourth-order valence-corrected chi connectivity index (χ4v) is 3.77. The van der Waals surface area contributed by atoms with Crippen LogP contribution in [0.2, 0.25) is 10.2 Å². The van der Waals surface area contributed by atoms with Gasteiger partial charge in [-0.3, -0.25) is 4.79 Å². The molecule has 0 aliphatic heterocycles. The molecular weight excluding hydrogens is 315 g/mol. The number of carbonyl (C=O) groups is 1. The largest absolute Gasteiger partial charge is 0.344 e. The Morgan fingerprint density at radius 3 is 3.05 bits per heavy atom. The van der Waals surface area contributed by atoms with Crippen molar-refractivity contribution in [1.82, 2.24) is 10.3 Å². The van der Waals surface area contributed by atoms with Gasteiger partial charge in [-0.25, -0.2) is 4.98 Å². The van der Waals surface area contributed by atoms with Gasteiger partial charge >= 0.3 is 0 Å². The minimum atomic E-state index is -0.276. The number of nitrogens with zero attached hydrogens (tertiary/aromatic N) is 1. The van der Waals surface area contributed by atoms with E-state index in [1.54, 1.807) is 23.5 Å². The van der Waals surface area contributed by atoms with Crippen LogP contribution < -0.4 is 5.32 Å². The molecule has 0 radical (unpaired) electrons. The van der Waals surface area contributed by atoms with Gasteiger partial charge in [-0.05, 0) is 48.4 Å². The maximum absolute atomic E-state index is 12.3. The number of hydrogen-bond donors (Lipinski definition) is 1. The van der Waals surface area contributed by atoms with E-state index in [1.165, 1.54) is 10.4 Å². The van der Waals surface area contributed by atoms with Crippen LogP contribution in [-0.4, -0.2) is 10.9 Å². The smallest absolute Gasteiger partial charge is 0.271 e. The van der Waals surface area contributed by atoms with Gasteiger partial charge in [0.05, 0.1) is 11.1 Å². The lowest BCUT2D eigenvalue weighted by molar-refractivity contribution is 0.0928. The number of hydrogen-bond acceptors (Lipinski definition) is 3. The van der Waals surface area contributed by atoms with Crippen LogP contribution in [0, 0.1) is 0 Å². The van der Waals surface area contributed by atoms with E-state index in [-0.39, 0.29) is 22.8 Å². The van der Waals surface area contributed by atoms with Crippen LogP contribution in [0.3, 0.4) is 0 Å². The molecule has 1 amide bonds. The van der Waals surface area contributed by atoms with E-state index in [0.717, 1.165) is 19.3 Å². The van der Waals surface area contributed by atoms with Crippen LogP contribution in [0.5, 0.6) is 0 Å². The Balaban J connectivity index is 1.82. The van der Waals surface area contributed by atoms with Gasteiger partial charge in [0.25, 0.3) is 5.91 Å². The number of amides is 1. The number of fused-ring (bicyclic) bond motifs is 1. The van der Waals surface area contributed by atoms with Crippen LogP contribution in [0.15, 0.2) is 23.6 Å². The zero-order valence-corrected chi connectivity index (χ0v) is 12.9. The standard InChI is InChI=1S/C14H12Cl2N2OS/c15-9-4-5-12(16)18-13(9)14(19)17-10-2-1-3-11-8(10)6-7-20-11/h4-7,10H,1-3H2,(H,17,19). The second kappa shape index (κ2) is 5.72. The highest BCUT2D eigenvalue weighted by atomic mass is 35.5. The van der Waals surface area contributed by atoms with Gasteiger partial charge in [-0.2, -0.15) is 0 Å². The van der Waals surface area contributed by atoms with Crippen molar-refractivity contribution in [2.24, 2.45) is 0 Å². The summed E-state index contributed by atoms with van der Waals surface area (Å²) in [6, 6.07) is 5.27. The molecule has 0 bridgehead atoms. The van der Waals surface area contributed by atoms with Crippen molar-refractivity contribution in [1.29, 1.82) is 0 Å². The molecule has 2 aromatic rings. The quantitative estimate of drug-likeness (QED) is 0.838. The molecule has 1 N–H and O–H groups in total. The van der Waals surface area contributed by atoms with E-state index >= 15 is 0 Å². The zero-order valence-electron chi connectivity index (χ0n) is 10.5. The maximum Gasteiger partial charge on any atom is 0.271 e. The molecule has 0 saturated heterocycles. The minimum Gasteiger partial charge on any atom is -0.344 e. The van der Waals surface area contributed by atoms with E-state index in [1.807, 2.05) is 0 Å². The van der Waals surface area contributed by atoms with Crippen molar-refractivity contribution in [2.45, 2.75) is 25.3 Å². The van der Waals surface area contributed by atoms with Crippen molar-refractivity contribution in [3.05, 3.63) is 49.9 Å². The van der Waals surface area contributed by atoms with Crippen LogP contribution in [0.25, 0.3) is 0 Å². The van der Waals surface area contributed by atoms with Crippen molar-refractivity contribution in [2.75, 3.05) is 0 Å². The van der Waals surface area contributed by atoms with Gasteiger partial charge in [0.2, 0.25) is 0 Å². The third-order valence-electron chi connectivity index (χ3n) is 3.38. The monoisotopic (exact) mass is 326 g/mol. The maximum atomic E-state index is 12.3. The molecule has 1 unspecified atom stereocenters. The summed E-state index contributed by atoms with van der Waals surface area (Å²) in [6.45, 7) is 0. The first-order chi connectivity index (χ1) is 9.65. The second-order valence-corrected chi connectivity index (χ2v) is 6.48. The lowest BCUT2D eigenvalue weighted by atomic mass is 9.94. The molecule has 20 heavy (non-hydrogen) atoms. The molecule has 0 fully saturated rings. The number of thiophene rings is 1. The predicted octanol–water partition coefficient (Wildman–Crippen LogP) is 4.26. The van der Waals surface area contributed by atoms with Gasteiger partial charge in [-0.1, -0.05) is 23.2 Å². The second-order valence-electron chi connectivity index (χ2n) is 4.68. The number of carbonyl (C=O) groups excluding carboxylic acids is 1. The third-order valence-corrected chi connectivity index (χ3v) is 4.90. The molecule has 3 nitrogen and oxygen atoms in total. The van der Waals surface area contributed by atoms with Crippen molar-refractivity contribution in [3.8, 4) is 0 Å². The SMILES string of the molecule is O=C(NC1CCCc2sccc21)c1nc(Cl)ccc1Cl. The summed E-state index contributed by atoms with van der Waals surface area (Å²) in [4.78, 5) is 17.7. The average molecular weight is 327 g/mol. The molecule has 6 heteroatoms. The van der Waals surface area contributed by atoms with Gasteiger partial charge < -0.3 is 5.32 Å². The minimum absolute atomic E-state index is 0.0364. The molecule has 3 rings (SSSR count). The van der Waals surface area contributed by atoms with Crippen LogP contribution >= 0.6 is 34.5 Å². The number of rotatable bonds is 2. The zero-order chi connectivity index (χ0) is 14.1. The number of aryl methyl sites for hydroxylation is 1. The topological polar surface area (TPSA) is 42.0 Å². The number of aromatic nitrogens is 1. The molecule has 2 heterocycles. The van der Waals surface area contributed by atoms with Crippen LogP contribution in [0.1, 0.15) is 39.8 Å². The van der Waals surface area contributed by atoms with Crippen molar-refractivity contribution in [3.63, 3.8) is 0 Å². The molecule has 1 atom stereocenters. The Morgan fingerprint density at radius 2 is 2.20 bits per heavy atom. The van der Waals surface area contributed by atoms with E-state index in [0.29, 0.717) is 5.02 Å². The Bertz CT molecular complexity index is 656. The summed E-state index contributed by atoms with van der Waals surface area (Å²) in [7, 11) is 0. The molecule has 0 aromatic carbocycles. The molecule has 104 valence electrons. The average Bonchev–Trinajstić information content (AvgIpc) is 2.91. The Morgan fingerprint density at radius 1 is 1.35 bits per heavy atom. The highest BCUT2D eigenvalue weighted by Gasteiger charge is 2.24. The number of pyridine rings is 1. The van der Waals surface area contributed by atoms with E-state index in [2.05, 4.69) is 21.7 Å². The molecule has 1 aliphatic rings. The van der Waals surface area contributed by atoms with Gasteiger partial charge in [-0.15, -0.1) is 11.3 Å². The normalized spacial score (nSPS) is 17.6. The lowest BCUT2D eigenvalue weighted by Crippen LogP contribution is -2.31. The Labute approximate surface area is 130 Å². The van der Waals surface area contributed by atoms with Crippen molar-refractivity contribution >= 4 is 40.4 Å². The number of nitrogens with one attached hydrogen (secondary N) is 1. The first-order valence-corrected chi connectivity index (χ1v) is 7.98. The molecule has 0 spiro atoms. The summed E-state index contributed by atoms with van der Waals surface area (Å²) in [5.74, 6) is -0.276. The van der Waals surface area contributed by atoms with Crippen LogP contribution in [-0.2, 0) is 6.42 Å². The third kappa shape index (κ3) is 2.68. The summed E-state index contributed by atoms with van der Waals surface area (Å²) < 4.78 is 0. The summed E-state index contributed by atoms with van der Waals surface area (Å²) in [5, 5.41) is 5.65. The summed E-state index contributed by atoms with van der Waals surface area (Å²) in [6.07, 6.45) is 3.11. The fraction of sp³-hybridized carbons (Fsp3) is 0.286. The molecule has 0 saturated carbocycles.